The molecule has 0 spiro atoms. The molecule has 2 aromatic heterocycles. The van der Waals surface area contributed by atoms with Gasteiger partial charge in [0, 0.05) is 12.7 Å². The number of hydrogen-bond acceptors (Lipinski definition) is 5. The number of halogens is 1. The molecule has 0 fully saturated rings. The Morgan fingerprint density at radius 2 is 1.93 bits per heavy atom. The molecule has 0 aliphatic carbocycles. The summed E-state index contributed by atoms with van der Waals surface area (Å²) >= 11 is 0. The van der Waals surface area contributed by atoms with E-state index < -0.39 is 17.2 Å². The van der Waals surface area contributed by atoms with Crippen molar-refractivity contribution in [3.63, 3.8) is 0 Å². The minimum atomic E-state index is -0.662. The summed E-state index contributed by atoms with van der Waals surface area (Å²) in [5, 5.41) is 2.91. The van der Waals surface area contributed by atoms with Crippen LogP contribution in [0, 0.1) is 5.82 Å². The van der Waals surface area contributed by atoms with Crippen molar-refractivity contribution in [3.8, 4) is 0 Å². The van der Waals surface area contributed by atoms with Gasteiger partial charge in [0.15, 0.2) is 0 Å². The summed E-state index contributed by atoms with van der Waals surface area (Å²) in [6.45, 7) is 0.275. The predicted molar refractivity (Wildman–Crippen MR) is 98.1 cm³/mol. The fourth-order valence-electron chi connectivity index (χ4n) is 2.75. The largest absolute Gasteiger partial charge is 0.350 e. The highest BCUT2D eigenvalue weighted by molar-refractivity contribution is 5.96. The van der Waals surface area contributed by atoms with Gasteiger partial charge >= 0.3 is 5.69 Å². The van der Waals surface area contributed by atoms with Crippen molar-refractivity contribution in [1.29, 1.82) is 0 Å². The first-order chi connectivity index (χ1) is 12.8. The summed E-state index contributed by atoms with van der Waals surface area (Å²) in [5.41, 5.74) is -0.125. The van der Waals surface area contributed by atoms with Crippen molar-refractivity contribution < 1.29 is 9.18 Å². The van der Waals surface area contributed by atoms with Crippen molar-refractivity contribution >= 4 is 16.9 Å². The zero-order chi connectivity index (χ0) is 19.6. The van der Waals surface area contributed by atoms with E-state index in [0.717, 1.165) is 5.56 Å². The van der Waals surface area contributed by atoms with Crippen LogP contribution in [0.15, 0.2) is 46.1 Å². The maximum Gasteiger partial charge on any atom is 0.327 e. The smallest absolute Gasteiger partial charge is 0.327 e. The van der Waals surface area contributed by atoms with E-state index in [4.69, 9.17) is 0 Å². The third-order valence-corrected chi connectivity index (χ3v) is 4.19. The highest BCUT2D eigenvalue weighted by Gasteiger charge is 2.17. The number of pyridine rings is 1. The van der Waals surface area contributed by atoms with E-state index in [1.54, 1.807) is 12.1 Å². The van der Waals surface area contributed by atoms with Crippen molar-refractivity contribution in [1.82, 2.24) is 25.2 Å². The van der Waals surface area contributed by atoms with Crippen LogP contribution in [0.25, 0.3) is 11.0 Å². The first-order valence-electron chi connectivity index (χ1n) is 8.17. The van der Waals surface area contributed by atoms with Crippen LogP contribution in [-0.4, -0.2) is 46.4 Å². The van der Waals surface area contributed by atoms with Crippen LogP contribution >= 0.6 is 0 Å². The summed E-state index contributed by atoms with van der Waals surface area (Å²) < 4.78 is 13.1. The van der Waals surface area contributed by atoms with Gasteiger partial charge < -0.3 is 10.2 Å². The van der Waals surface area contributed by atoms with Crippen LogP contribution in [-0.2, 0) is 0 Å². The summed E-state index contributed by atoms with van der Waals surface area (Å²) in [4.78, 5) is 45.9. The number of aromatic nitrogens is 3. The molecule has 27 heavy (non-hydrogen) atoms. The minimum Gasteiger partial charge on any atom is -0.350 e. The second kappa shape index (κ2) is 7.50. The molecule has 3 aromatic rings. The van der Waals surface area contributed by atoms with Gasteiger partial charge in [0.1, 0.15) is 11.5 Å². The lowest BCUT2D eigenvalue weighted by atomic mass is 10.1. The number of carbonyl (C=O) groups is 1. The molecule has 9 heteroatoms. The lowest BCUT2D eigenvalue weighted by molar-refractivity contribution is 0.0941. The Kier molecular flexibility index (Phi) is 5.13. The standard InChI is InChI=1S/C18H18FN5O3/c1-24(2)14(10-3-5-12(19)6-4-10)9-21-16(25)11-7-13-15(20-8-11)22-18(27)23-17(13)26/h3-8,14H,9H2,1-2H3,(H,21,25)(H2,20,22,23,26,27). The number of H-pyrrole nitrogens is 2. The molecular weight excluding hydrogens is 353 g/mol. The predicted octanol–water partition coefficient (Wildman–Crippen LogP) is 0.783. The number of hydrogen-bond donors (Lipinski definition) is 3. The van der Waals surface area contributed by atoms with Gasteiger partial charge in [-0.25, -0.2) is 14.2 Å². The Labute approximate surface area is 153 Å². The quantitative estimate of drug-likeness (QED) is 0.614. The monoisotopic (exact) mass is 371 g/mol. The average Bonchev–Trinajstić information content (AvgIpc) is 2.62. The number of rotatable bonds is 5. The number of benzene rings is 1. The number of amides is 1. The van der Waals surface area contributed by atoms with Crippen molar-refractivity contribution in [2.45, 2.75) is 6.04 Å². The van der Waals surface area contributed by atoms with E-state index in [0.29, 0.717) is 0 Å². The molecule has 140 valence electrons. The Morgan fingerprint density at radius 1 is 1.22 bits per heavy atom. The summed E-state index contributed by atoms with van der Waals surface area (Å²) in [7, 11) is 3.71. The van der Waals surface area contributed by atoms with Gasteiger partial charge in [-0.3, -0.25) is 19.6 Å². The van der Waals surface area contributed by atoms with Crippen LogP contribution in [0.3, 0.4) is 0 Å². The molecule has 0 aliphatic rings. The van der Waals surface area contributed by atoms with Crippen LogP contribution in [0.4, 0.5) is 4.39 Å². The number of carbonyl (C=O) groups excluding carboxylic acids is 1. The fourth-order valence-corrected chi connectivity index (χ4v) is 2.75. The van der Waals surface area contributed by atoms with Gasteiger partial charge in [0.2, 0.25) is 0 Å². The van der Waals surface area contributed by atoms with Crippen LogP contribution < -0.4 is 16.6 Å². The first kappa shape index (κ1) is 18.5. The molecule has 1 amide bonds. The molecular formula is C18H18FN5O3. The van der Waals surface area contributed by atoms with Crippen molar-refractivity contribution in [2.24, 2.45) is 0 Å². The van der Waals surface area contributed by atoms with Gasteiger partial charge in [-0.15, -0.1) is 0 Å². The molecule has 1 atom stereocenters. The molecule has 0 saturated heterocycles. The number of nitrogens with zero attached hydrogens (tertiary/aromatic N) is 2. The van der Waals surface area contributed by atoms with E-state index >= 15 is 0 Å². The Bertz CT molecular complexity index is 1090. The number of aromatic amines is 2. The highest BCUT2D eigenvalue weighted by atomic mass is 19.1. The van der Waals surface area contributed by atoms with E-state index in [9.17, 15) is 18.8 Å². The molecule has 0 saturated carbocycles. The van der Waals surface area contributed by atoms with Gasteiger partial charge in [0.25, 0.3) is 11.5 Å². The zero-order valence-electron chi connectivity index (χ0n) is 14.7. The Morgan fingerprint density at radius 3 is 2.59 bits per heavy atom. The first-order valence-corrected chi connectivity index (χ1v) is 8.17. The van der Waals surface area contributed by atoms with E-state index in [-0.39, 0.29) is 35.0 Å². The number of nitrogens with one attached hydrogen (secondary N) is 3. The lowest BCUT2D eigenvalue weighted by Crippen LogP contribution is -2.34. The SMILES string of the molecule is CN(C)C(CNC(=O)c1cnc2[nH]c(=O)[nH]c(=O)c2c1)c1ccc(F)cc1. The zero-order valence-corrected chi connectivity index (χ0v) is 14.7. The van der Waals surface area contributed by atoms with Crippen molar-refractivity contribution in [2.75, 3.05) is 20.6 Å². The molecule has 0 bridgehead atoms. The summed E-state index contributed by atoms with van der Waals surface area (Å²) in [5.74, 6) is -0.741. The molecule has 2 heterocycles. The molecule has 3 rings (SSSR count). The van der Waals surface area contributed by atoms with Crippen molar-refractivity contribution in [3.05, 3.63) is 74.3 Å². The van der Waals surface area contributed by atoms with E-state index in [2.05, 4.69) is 20.3 Å². The molecule has 1 aromatic carbocycles. The summed E-state index contributed by atoms with van der Waals surface area (Å²) in [6, 6.07) is 7.28. The molecule has 0 radical (unpaired) electrons. The normalized spacial score (nSPS) is 12.3. The van der Waals surface area contributed by atoms with Gasteiger partial charge in [-0.05, 0) is 37.9 Å². The van der Waals surface area contributed by atoms with Crippen LogP contribution in [0.5, 0.6) is 0 Å². The maximum atomic E-state index is 13.1. The second-order valence-electron chi connectivity index (χ2n) is 6.27. The van der Waals surface area contributed by atoms with E-state index in [1.807, 2.05) is 19.0 Å². The third kappa shape index (κ3) is 4.09. The number of likely N-dealkylation sites (N-methyl/N-ethyl adjacent to an activating group) is 1. The Hall–Kier alpha value is -3.33. The average molecular weight is 371 g/mol. The van der Waals surface area contributed by atoms with Crippen LogP contribution in [0.1, 0.15) is 22.0 Å². The van der Waals surface area contributed by atoms with E-state index in [1.165, 1.54) is 24.4 Å². The van der Waals surface area contributed by atoms with Gasteiger partial charge in [-0.2, -0.15) is 0 Å². The molecule has 3 N–H and O–H groups in total. The molecule has 0 aliphatic heterocycles. The van der Waals surface area contributed by atoms with Gasteiger partial charge in [0.05, 0.1) is 17.0 Å². The molecule has 8 nitrogen and oxygen atoms in total. The summed E-state index contributed by atoms with van der Waals surface area (Å²) in [6.07, 6.45) is 1.29. The minimum absolute atomic E-state index is 0.109. The second-order valence-corrected chi connectivity index (χ2v) is 6.27. The topological polar surface area (TPSA) is 111 Å². The Balaban J connectivity index is 1.80. The number of fused-ring (bicyclic) bond motifs is 1. The highest BCUT2D eigenvalue weighted by Crippen LogP contribution is 2.18. The van der Waals surface area contributed by atoms with Crippen LogP contribution in [0.2, 0.25) is 0 Å². The fraction of sp³-hybridized carbons (Fsp3) is 0.222. The molecule has 1 unspecified atom stereocenters. The lowest BCUT2D eigenvalue weighted by Gasteiger charge is -2.25. The van der Waals surface area contributed by atoms with Gasteiger partial charge in [-0.1, -0.05) is 12.1 Å². The maximum absolute atomic E-state index is 13.1. The third-order valence-electron chi connectivity index (χ3n) is 4.19.